The Morgan fingerprint density at radius 2 is 2.17 bits per heavy atom. The van der Waals surface area contributed by atoms with Gasteiger partial charge in [-0.05, 0) is 18.2 Å². The summed E-state index contributed by atoms with van der Waals surface area (Å²) in [5.74, 6) is 0.668. The SMILES string of the molecule is COc1ccc(N)cc1CO.Cl. The third-order valence-electron chi connectivity index (χ3n) is 1.47. The largest absolute Gasteiger partial charge is 0.496 e. The molecule has 0 atom stereocenters. The van der Waals surface area contributed by atoms with Gasteiger partial charge in [0.2, 0.25) is 0 Å². The van der Waals surface area contributed by atoms with Gasteiger partial charge in [0.1, 0.15) is 5.75 Å². The minimum atomic E-state index is -0.0474. The van der Waals surface area contributed by atoms with Crippen LogP contribution in [-0.2, 0) is 6.61 Å². The molecule has 4 heteroatoms. The molecule has 0 radical (unpaired) electrons. The fourth-order valence-corrected chi connectivity index (χ4v) is 0.922. The molecular formula is C8H12ClNO2. The first-order valence-electron chi connectivity index (χ1n) is 3.31. The van der Waals surface area contributed by atoms with E-state index in [1.54, 1.807) is 25.3 Å². The lowest BCUT2D eigenvalue weighted by Crippen LogP contribution is -1.93. The van der Waals surface area contributed by atoms with Crippen LogP contribution < -0.4 is 10.5 Å². The number of halogens is 1. The first-order chi connectivity index (χ1) is 5.27. The van der Waals surface area contributed by atoms with E-state index in [-0.39, 0.29) is 19.0 Å². The zero-order chi connectivity index (χ0) is 8.27. The molecule has 0 aliphatic heterocycles. The number of hydrogen-bond donors (Lipinski definition) is 2. The topological polar surface area (TPSA) is 55.5 Å². The Bertz CT molecular complexity index is 253. The Morgan fingerprint density at radius 3 is 2.67 bits per heavy atom. The van der Waals surface area contributed by atoms with Crippen LogP contribution in [0.2, 0.25) is 0 Å². The fourth-order valence-electron chi connectivity index (χ4n) is 0.922. The smallest absolute Gasteiger partial charge is 0.124 e. The van der Waals surface area contributed by atoms with E-state index in [0.717, 1.165) is 0 Å². The Labute approximate surface area is 77.6 Å². The van der Waals surface area contributed by atoms with Gasteiger partial charge in [-0.25, -0.2) is 0 Å². The van der Waals surface area contributed by atoms with Gasteiger partial charge in [0.25, 0.3) is 0 Å². The predicted octanol–water partition coefficient (Wildman–Crippen LogP) is 1.19. The van der Waals surface area contributed by atoms with Crippen LogP contribution in [0.5, 0.6) is 5.75 Å². The maximum atomic E-state index is 8.84. The maximum absolute atomic E-state index is 8.84. The average molecular weight is 190 g/mol. The molecule has 0 aliphatic carbocycles. The quantitative estimate of drug-likeness (QED) is 0.688. The molecule has 1 rings (SSSR count). The van der Waals surface area contributed by atoms with Gasteiger partial charge in [0.05, 0.1) is 13.7 Å². The molecule has 0 fully saturated rings. The van der Waals surface area contributed by atoms with Gasteiger partial charge >= 0.3 is 0 Å². The number of benzene rings is 1. The summed E-state index contributed by atoms with van der Waals surface area (Å²) in [7, 11) is 1.56. The molecule has 0 aliphatic rings. The van der Waals surface area contributed by atoms with Crippen LogP contribution >= 0.6 is 12.4 Å². The van der Waals surface area contributed by atoms with Crippen molar-refractivity contribution in [2.75, 3.05) is 12.8 Å². The number of hydrogen-bond acceptors (Lipinski definition) is 3. The lowest BCUT2D eigenvalue weighted by Gasteiger charge is -2.05. The Balaban J connectivity index is 0.00000121. The summed E-state index contributed by atoms with van der Waals surface area (Å²) in [6.07, 6.45) is 0. The molecule has 0 spiro atoms. The molecule has 1 aromatic carbocycles. The molecule has 0 heterocycles. The van der Waals surface area contributed by atoms with Crippen molar-refractivity contribution in [3.63, 3.8) is 0 Å². The Hall–Kier alpha value is -0.930. The van der Waals surface area contributed by atoms with Gasteiger partial charge < -0.3 is 15.6 Å². The monoisotopic (exact) mass is 189 g/mol. The molecule has 1 aromatic rings. The zero-order valence-corrected chi connectivity index (χ0v) is 7.60. The van der Waals surface area contributed by atoms with Crippen LogP contribution in [0.4, 0.5) is 5.69 Å². The van der Waals surface area contributed by atoms with Crippen molar-refractivity contribution >= 4 is 18.1 Å². The van der Waals surface area contributed by atoms with Crippen molar-refractivity contribution in [1.29, 1.82) is 0 Å². The highest BCUT2D eigenvalue weighted by atomic mass is 35.5. The number of nitrogen functional groups attached to an aromatic ring is 1. The van der Waals surface area contributed by atoms with Crippen LogP contribution in [0.3, 0.4) is 0 Å². The molecule has 0 saturated carbocycles. The highest BCUT2D eigenvalue weighted by molar-refractivity contribution is 5.85. The Morgan fingerprint density at radius 1 is 1.50 bits per heavy atom. The maximum Gasteiger partial charge on any atom is 0.124 e. The van der Waals surface area contributed by atoms with E-state index in [4.69, 9.17) is 15.6 Å². The molecule has 68 valence electrons. The standard InChI is InChI=1S/C8H11NO2.ClH/c1-11-8-3-2-7(9)4-6(8)5-10;/h2-4,10H,5,9H2,1H3;1H. The predicted molar refractivity (Wildman–Crippen MR) is 50.6 cm³/mol. The van der Waals surface area contributed by atoms with E-state index < -0.39 is 0 Å². The van der Waals surface area contributed by atoms with Crippen molar-refractivity contribution in [2.24, 2.45) is 0 Å². The second-order valence-corrected chi connectivity index (χ2v) is 2.23. The van der Waals surface area contributed by atoms with Crippen molar-refractivity contribution < 1.29 is 9.84 Å². The van der Waals surface area contributed by atoms with Crippen molar-refractivity contribution in [3.05, 3.63) is 23.8 Å². The number of nitrogens with two attached hydrogens (primary N) is 1. The summed E-state index contributed by atoms with van der Waals surface area (Å²) in [6, 6.07) is 5.16. The summed E-state index contributed by atoms with van der Waals surface area (Å²) in [5, 5.41) is 8.84. The van der Waals surface area contributed by atoms with Gasteiger partial charge in [-0.1, -0.05) is 0 Å². The molecule has 0 bridgehead atoms. The van der Waals surface area contributed by atoms with Crippen LogP contribution in [0.25, 0.3) is 0 Å². The van der Waals surface area contributed by atoms with Gasteiger partial charge in [0.15, 0.2) is 0 Å². The molecule has 12 heavy (non-hydrogen) atoms. The highest BCUT2D eigenvalue weighted by Crippen LogP contribution is 2.20. The molecule has 0 saturated heterocycles. The lowest BCUT2D eigenvalue weighted by atomic mass is 10.2. The van der Waals surface area contributed by atoms with Gasteiger partial charge in [-0.3, -0.25) is 0 Å². The molecule has 0 aromatic heterocycles. The average Bonchev–Trinajstić information content (AvgIpc) is 2.04. The number of ether oxygens (including phenoxy) is 1. The van der Waals surface area contributed by atoms with E-state index in [0.29, 0.717) is 17.0 Å². The third kappa shape index (κ3) is 2.29. The zero-order valence-electron chi connectivity index (χ0n) is 6.78. The number of aliphatic hydroxyl groups excluding tert-OH is 1. The first kappa shape index (κ1) is 11.1. The van der Waals surface area contributed by atoms with Crippen LogP contribution in [0.1, 0.15) is 5.56 Å². The van der Waals surface area contributed by atoms with Crippen molar-refractivity contribution in [3.8, 4) is 5.75 Å². The summed E-state index contributed by atoms with van der Waals surface area (Å²) >= 11 is 0. The van der Waals surface area contributed by atoms with Crippen LogP contribution in [0.15, 0.2) is 18.2 Å². The van der Waals surface area contributed by atoms with Crippen molar-refractivity contribution in [1.82, 2.24) is 0 Å². The summed E-state index contributed by atoms with van der Waals surface area (Å²) in [4.78, 5) is 0. The molecule has 3 nitrogen and oxygen atoms in total. The van der Waals surface area contributed by atoms with Crippen LogP contribution in [-0.4, -0.2) is 12.2 Å². The summed E-state index contributed by atoms with van der Waals surface area (Å²) in [6.45, 7) is -0.0474. The summed E-state index contributed by atoms with van der Waals surface area (Å²) < 4.78 is 4.98. The second-order valence-electron chi connectivity index (χ2n) is 2.23. The molecular weight excluding hydrogens is 178 g/mol. The molecule has 0 amide bonds. The normalized spacial score (nSPS) is 8.83. The number of methoxy groups -OCH3 is 1. The minimum absolute atomic E-state index is 0. The number of anilines is 1. The molecule has 3 N–H and O–H groups in total. The van der Waals surface area contributed by atoms with Crippen molar-refractivity contribution in [2.45, 2.75) is 6.61 Å². The lowest BCUT2D eigenvalue weighted by molar-refractivity contribution is 0.274. The van der Waals surface area contributed by atoms with E-state index in [9.17, 15) is 0 Å². The summed E-state index contributed by atoms with van der Waals surface area (Å²) in [5.41, 5.74) is 6.84. The second kappa shape index (κ2) is 4.85. The molecule has 0 unspecified atom stereocenters. The van der Waals surface area contributed by atoms with Gasteiger partial charge in [-0.15, -0.1) is 12.4 Å². The van der Waals surface area contributed by atoms with E-state index in [2.05, 4.69) is 0 Å². The van der Waals surface area contributed by atoms with E-state index in [1.807, 2.05) is 0 Å². The minimum Gasteiger partial charge on any atom is -0.496 e. The van der Waals surface area contributed by atoms with E-state index in [1.165, 1.54) is 0 Å². The van der Waals surface area contributed by atoms with Gasteiger partial charge in [-0.2, -0.15) is 0 Å². The Kier molecular flexibility index (Phi) is 4.47. The van der Waals surface area contributed by atoms with E-state index >= 15 is 0 Å². The third-order valence-corrected chi connectivity index (χ3v) is 1.47. The number of aliphatic hydroxyl groups is 1. The number of rotatable bonds is 2. The van der Waals surface area contributed by atoms with Crippen LogP contribution in [0, 0.1) is 0 Å². The first-order valence-corrected chi connectivity index (χ1v) is 3.31. The highest BCUT2D eigenvalue weighted by Gasteiger charge is 2.00. The fraction of sp³-hybridized carbons (Fsp3) is 0.250. The van der Waals surface area contributed by atoms with Gasteiger partial charge in [0, 0.05) is 11.3 Å².